The van der Waals surface area contributed by atoms with Crippen LogP contribution in [-0.2, 0) is 5.41 Å². The SMILES string of the molecule is c1ccc2c(c1)-c1ccccc1C21c2ccccc2-c2ccc(-c3ccc4c(c3)-c3cccc5c(-c6ccc7oc8ccccc8c7c6)ccc(c35)O4)cc21. The van der Waals surface area contributed by atoms with Gasteiger partial charge < -0.3 is 9.15 Å². The molecule has 0 bridgehead atoms. The summed E-state index contributed by atoms with van der Waals surface area (Å²) in [6, 6.07) is 66.6. The average Bonchev–Trinajstić information content (AvgIpc) is 3.87. The van der Waals surface area contributed by atoms with Gasteiger partial charge in [0, 0.05) is 21.7 Å². The molecule has 2 heterocycles. The minimum Gasteiger partial charge on any atom is -0.456 e. The molecule has 0 amide bonds. The van der Waals surface area contributed by atoms with E-state index in [0.29, 0.717) is 0 Å². The summed E-state index contributed by atoms with van der Waals surface area (Å²) in [6.45, 7) is 0. The van der Waals surface area contributed by atoms with Crippen LogP contribution in [0.1, 0.15) is 22.3 Å². The summed E-state index contributed by atoms with van der Waals surface area (Å²) in [5.74, 6) is 1.77. The molecule has 1 aliphatic heterocycles. The van der Waals surface area contributed by atoms with Crippen molar-refractivity contribution in [1.29, 1.82) is 0 Å². The van der Waals surface area contributed by atoms with Crippen LogP contribution in [0.3, 0.4) is 0 Å². The van der Waals surface area contributed by atoms with Crippen LogP contribution in [-0.4, -0.2) is 0 Å². The predicted molar refractivity (Wildman–Crippen MR) is 224 cm³/mol. The van der Waals surface area contributed by atoms with E-state index in [9.17, 15) is 0 Å². The third kappa shape index (κ3) is 3.73. The van der Waals surface area contributed by atoms with Gasteiger partial charge in [-0.05, 0) is 120 Å². The molecule has 0 unspecified atom stereocenters. The Morgan fingerprint density at radius 1 is 0.309 bits per heavy atom. The van der Waals surface area contributed by atoms with Gasteiger partial charge >= 0.3 is 0 Å². The molecule has 13 rings (SSSR count). The highest BCUT2D eigenvalue weighted by atomic mass is 16.5. The van der Waals surface area contributed by atoms with Crippen LogP contribution in [0.15, 0.2) is 186 Å². The molecular weight excluding hydrogens is 669 g/mol. The fraction of sp³-hybridized carbons (Fsp3) is 0.0189. The van der Waals surface area contributed by atoms with Gasteiger partial charge in [0.1, 0.15) is 22.7 Å². The Bertz CT molecular complexity index is 3240. The van der Waals surface area contributed by atoms with E-state index in [1.54, 1.807) is 0 Å². The second-order valence-electron chi connectivity index (χ2n) is 15.1. The maximum atomic E-state index is 6.70. The molecule has 0 fully saturated rings. The number of hydrogen-bond acceptors (Lipinski definition) is 2. The van der Waals surface area contributed by atoms with Crippen molar-refractivity contribution < 1.29 is 9.15 Å². The average molecular weight is 699 g/mol. The molecule has 1 aromatic heterocycles. The van der Waals surface area contributed by atoms with E-state index in [1.165, 1.54) is 72.1 Å². The summed E-state index contributed by atoms with van der Waals surface area (Å²) in [4.78, 5) is 0. The Hall–Kier alpha value is -7.16. The van der Waals surface area contributed by atoms with Crippen molar-refractivity contribution in [3.63, 3.8) is 0 Å². The highest BCUT2D eigenvalue weighted by Crippen LogP contribution is 2.63. The zero-order valence-electron chi connectivity index (χ0n) is 29.6. The van der Waals surface area contributed by atoms with Gasteiger partial charge in [-0.3, -0.25) is 0 Å². The lowest BCUT2D eigenvalue weighted by Gasteiger charge is -2.30. The van der Waals surface area contributed by atoms with Crippen LogP contribution in [0.2, 0.25) is 0 Å². The van der Waals surface area contributed by atoms with Crippen molar-refractivity contribution in [2.24, 2.45) is 0 Å². The second-order valence-corrected chi connectivity index (χ2v) is 15.1. The highest BCUT2D eigenvalue weighted by molar-refractivity contribution is 6.12. The lowest BCUT2D eigenvalue weighted by molar-refractivity contribution is 0.487. The summed E-state index contributed by atoms with van der Waals surface area (Å²) < 4.78 is 12.9. The van der Waals surface area contributed by atoms with Gasteiger partial charge in [-0.25, -0.2) is 0 Å². The molecule has 2 aliphatic carbocycles. The van der Waals surface area contributed by atoms with Gasteiger partial charge in [-0.2, -0.15) is 0 Å². The first-order valence-corrected chi connectivity index (χ1v) is 19.0. The molecule has 0 atom stereocenters. The molecule has 254 valence electrons. The number of para-hydroxylation sites is 1. The van der Waals surface area contributed by atoms with Crippen molar-refractivity contribution in [2.45, 2.75) is 5.41 Å². The summed E-state index contributed by atoms with van der Waals surface area (Å²) in [7, 11) is 0. The largest absolute Gasteiger partial charge is 0.456 e. The Kier molecular flexibility index (Phi) is 5.59. The maximum absolute atomic E-state index is 6.70. The summed E-state index contributed by atoms with van der Waals surface area (Å²) >= 11 is 0. The molecule has 9 aromatic carbocycles. The Morgan fingerprint density at radius 2 is 0.873 bits per heavy atom. The van der Waals surface area contributed by atoms with E-state index >= 15 is 0 Å². The number of benzene rings is 9. The summed E-state index contributed by atoms with van der Waals surface area (Å²) in [5, 5.41) is 4.58. The van der Waals surface area contributed by atoms with Gasteiger partial charge in [0.05, 0.1) is 5.41 Å². The molecule has 55 heavy (non-hydrogen) atoms. The van der Waals surface area contributed by atoms with Gasteiger partial charge in [0.25, 0.3) is 0 Å². The molecule has 2 nitrogen and oxygen atoms in total. The monoisotopic (exact) mass is 698 g/mol. The van der Waals surface area contributed by atoms with Crippen LogP contribution in [0, 0.1) is 0 Å². The Morgan fingerprint density at radius 3 is 1.65 bits per heavy atom. The number of hydrogen-bond donors (Lipinski definition) is 0. The van der Waals surface area contributed by atoms with Crippen molar-refractivity contribution in [1.82, 2.24) is 0 Å². The number of rotatable bonds is 2. The van der Waals surface area contributed by atoms with E-state index in [2.05, 4.69) is 170 Å². The third-order valence-corrected chi connectivity index (χ3v) is 12.5. The van der Waals surface area contributed by atoms with Gasteiger partial charge in [-0.15, -0.1) is 0 Å². The smallest absolute Gasteiger partial charge is 0.135 e. The van der Waals surface area contributed by atoms with Crippen LogP contribution < -0.4 is 4.74 Å². The Labute approximate surface area is 317 Å². The molecule has 0 saturated carbocycles. The van der Waals surface area contributed by atoms with Gasteiger partial charge in [0.2, 0.25) is 0 Å². The summed E-state index contributed by atoms with van der Waals surface area (Å²) in [6.07, 6.45) is 0. The molecule has 2 heteroatoms. The molecule has 1 spiro atoms. The molecule has 0 N–H and O–H groups in total. The normalized spacial score (nSPS) is 13.7. The van der Waals surface area contributed by atoms with E-state index in [0.717, 1.165) is 50.0 Å². The van der Waals surface area contributed by atoms with Crippen LogP contribution in [0.5, 0.6) is 11.5 Å². The zero-order chi connectivity index (χ0) is 35.8. The van der Waals surface area contributed by atoms with E-state index in [4.69, 9.17) is 9.15 Å². The number of furan rings is 1. The molecule has 0 saturated heterocycles. The minimum absolute atomic E-state index is 0.376. The lowest BCUT2D eigenvalue weighted by Crippen LogP contribution is -2.25. The quantitative estimate of drug-likeness (QED) is 0.179. The highest BCUT2D eigenvalue weighted by Gasteiger charge is 2.51. The van der Waals surface area contributed by atoms with Crippen LogP contribution >= 0.6 is 0 Å². The maximum Gasteiger partial charge on any atom is 0.135 e. The van der Waals surface area contributed by atoms with E-state index in [1.807, 2.05) is 12.1 Å². The first-order chi connectivity index (χ1) is 27.3. The minimum atomic E-state index is -0.376. The standard InChI is InChI=1S/C53H30O2/c1-5-16-44-35(10-1)36-11-2-6-17-45(36)53(44)46-18-7-3-12-37(46)38-23-20-32(30-47(38)53)31-21-25-50-43(28-31)41-15-9-14-40-34(24-27-51(55-50)52(40)41)33-22-26-49-42(29-33)39-13-4-8-19-48(39)54-49/h1-30H. The van der Waals surface area contributed by atoms with Crippen molar-refractivity contribution >= 4 is 32.7 Å². The number of fused-ring (bicyclic) bond motifs is 15. The van der Waals surface area contributed by atoms with Crippen molar-refractivity contribution in [2.75, 3.05) is 0 Å². The van der Waals surface area contributed by atoms with Crippen LogP contribution in [0.25, 0.3) is 88.3 Å². The lowest BCUT2D eigenvalue weighted by atomic mass is 9.70. The summed E-state index contributed by atoms with van der Waals surface area (Å²) in [5.41, 5.74) is 19.1. The van der Waals surface area contributed by atoms with Crippen molar-refractivity contribution in [3.8, 4) is 67.1 Å². The second kappa shape index (κ2) is 10.5. The zero-order valence-corrected chi connectivity index (χ0v) is 29.6. The molecular formula is C53H30O2. The van der Waals surface area contributed by atoms with Gasteiger partial charge in [-0.1, -0.05) is 140 Å². The van der Waals surface area contributed by atoms with E-state index in [-0.39, 0.29) is 5.41 Å². The molecule has 3 aliphatic rings. The van der Waals surface area contributed by atoms with Crippen molar-refractivity contribution in [3.05, 3.63) is 204 Å². The van der Waals surface area contributed by atoms with Crippen LogP contribution in [0.4, 0.5) is 0 Å². The third-order valence-electron chi connectivity index (χ3n) is 12.5. The van der Waals surface area contributed by atoms with E-state index < -0.39 is 0 Å². The van der Waals surface area contributed by atoms with Gasteiger partial charge in [0.15, 0.2) is 0 Å². The fourth-order valence-electron chi connectivity index (χ4n) is 10.2. The Balaban J connectivity index is 0.982. The molecule has 0 radical (unpaired) electrons. The fourth-order valence-corrected chi connectivity index (χ4v) is 10.2. The topological polar surface area (TPSA) is 22.4 Å². The predicted octanol–water partition coefficient (Wildman–Crippen LogP) is 14.2. The first-order valence-electron chi connectivity index (χ1n) is 19.0. The number of ether oxygens (including phenoxy) is 1. The molecule has 10 aromatic rings. The first kappa shape index (κ1) is 29.3.